The molecular formula is C12H10F3N3O3S2. The van der Waals surface area contributed by atoms with Crippen LogP contribution in [0.15, 0.2) is 28.6 Å². The molecule has 0 aliphatic heterocycles. The molecule has 1 heterocycles. The van der Waals surface area contributed by atoms with Gasteiger partial charge in [0.15, 0.2) is 4.34 Å². The van der Waals surface area contributed by atoms with Gasteiger partial charge in [0.2, 0.25) is 5.13 Å². The van der Waals surface area contributed by atoms with Crippen molar-refractivity contribution < 1.29 is 27.4 Å². The van der Waals surface area contributed by atoms with Crippen LogP contribution in [0.5, 0.6) is 5.75 Å². The van der Waals surface area contributed by atoms with Crippen LogP contribution in [0.2, 0.25) is 0 Å². The third-order valence-corrected chi connectivity index (χ3v) is 4.23. The standard InChI is InChI=1S/C12H10F3N3O3S2/c1-20-9(19)6-22-11-18-17-10(23-11)16-7-2-4-8(5-3-7)21-12(13,14)15/h2-5H,6H2,1H3,(H,16,17). The van der Waals surface area contributed by atoms with Crippen molar-refractivity contribution in [2.45, 2.75) is 10.7 Å². The quantitative estimate of drug-likeness (QED) is 0.621. The second-order valence-corrected chi connectivity index (χ2v) is 6.14. The van der Waals surface area contributed by atoms with Crippen LogP contribution in [0, 0.1) is 0 Å². The van der Waals surface area contributed by atoms with Gasteiger partial charge in [0.25, 0.3) is 0 Å². The van der Waals surface area contributed by atoms with Crippen molar-refractivity contribution in [3.05, 3.63) is 24.3 Å². The summed E-state index contributed by atoms with van der Waals surface area (Å²) in [4.78, 5) is 11.0. The van der Waals surface area contributed by atoms with Crippen LogP contribution >= 0.6 is 23.1 Å². The monoisotopic (exact) mass is 365 g/mol. The smallest absolute Gasteiger partial charge is 0.468 e. The molecule has 0 saturated heterocycles. The number of hydrogen-bond donors (Lipinski definition) is 1. The molecule has 0 aliphatic carbocycles. The summed E-state index contributed by atoms with van der Waals surface area (Å²) in [6, 6.07) is 5.21. The zero-order chi connectivity index (χ0) is 16.9. The molecule has 124 valence electrons. The Morgan fingerprint density at radius 1 is 1.30 bits per heavy atom. The molecule has 0 unspecified atom stereocenters. The van der Waals surface area contributed by atoms with Crippen LogP contribution in [0.1, 0.15) is 0 Å². The van der Waals surface area contributed by atoms with E-state index in [2.05, 4.69) is 25.0 Å². The number of halogens is 3. The third kappa shape index (κ3) is 5.94. The van der Waals surface area contributed by atoms with E-state index in [1.807, 2.05) is 0 Å². The van der Waals surface area contributed by atoms with E-state index in [1.54, 1.807) is 0 Å². The largest absolute Gasteiger partial charge is 0.573 e. The molecule has 2 aromatic rings. The number of benzene rings is 1. The molecule has 2 rings (SSSR count). The molecule has 11 heteroatoms. The van der Waals surface area contributed by atoms with E-state index in [0.717, 1.165) is 0 Å². The number of methoxy groups -OCH3 is 1. The average molecular weight is 365 g/mol. The predicted octanol–water partition coefficient (Wildman–Crippen LogP) is 3.45. The Kier molecular flexibility index (Phi) is 5.66. The topological polar surface area (TPSA) is 73.3 Å². The van der Waals surface area contributed by atoms with Crippen molar-refractivity contribution in [1.29, 1.82) is 0 Å². The number of anilines is 2. The lowest BCUT2D eigenvalue weighted by molar-refractivity contribution is -0.274. The van der Waals surface area contributed by atoms with Crippen LogP contribution in [0.3, 0.4) is 0 Å². The van der Waals surface area contributed by atoms with E-state index in [1.165, 1.54) is 54.5 Å². The summed E-state index contributed by atoms with van der Waals surface area (Å²) in [5.41, 5.74) is 0.528. The maximum atomic E-state index is 12.1. The summed E-state index contributed by atoms with van der Waals surface area (Å²) in [5.74, 6) is -0.566. The van der Waals surface area contributed by atoms with Gasteiger partial charge in [-0.25, -0.2) is 0 Å². The van der Waals surface area contributed by atoms with Gasteiger partial charge in [0, 0.05) is 5.69 Å². The molecule has 0 saturated carbocycles. The number of rotatable bonds is 6. The lowest BCUT2D eigenvalue weighted by Gasteiger charge is -2.09. The van der Waals surface area contributed by atoms with Crippen molar-refractivity contribution in [3.8, 4) is 5.75 Å². The van der Waals surface area contributed by atoms with Crippen LogP contribution in [-0.2, 0) is 9.53 Å². The number of nitrogens with one attached hydrogen (secondary N) is 1. The number of thioether (sulfide) groups is 1. The number of hydrogen-bond acceptors (Lipinski definition) is 8. The normalized spacial score (nSPS) is 11.1. The first-order chi connectivity index (χ1) is 10.9. The molecule has 0 spiro atoms. The molecule has 0 aliphatic rings. The fourth-order valence-electron chi connectivity index (χ4n) is 1.36. The Bertz CT molecular complexity index is 662. The first-order valence-electron chi connectivity index (χ1n) is 6.01. The van der Waals surface area contributed by atoms with Gasteiger partial charge in [-0.15, -0.1) is 23.4 Å². The van der Waals surface area contributed by atoms with Gasteiger partial charge in [-0.1, -0.05) is 23.1 Å². The van der Waals surface area contributed by atoms with Gasteiger partial charge in [-0.3, -0.25) is 4.79 Å². The fraction of sp³-hybridized carbons (Fsp3) is 0.250. The van der Waals surface area contributed by atoms with E-state index in [4.69, 9.17) is 0 Å². The Morgan fingerprint density at radius 2 is 2.00 bits per heavy atom. The van der Waals surface area contributed by atoms with Gasteiger partial charge in [-0.2, -0.15) is 0 Å². The van der Waals surface area contributed by atoms with Gasteiger partial charge >= 0.3 is 12.3 Å². The Labute approximate surface area is 137 Å². The van der Waals surface area contributed by atoms with E-state index in [-0.39, 0.29) is 17.5 Å². The molecular weight excluding hydrogens is 355 g/mol. The molecule has 1 aromatic heterocycles. The lowest BCUT2D eigenvalue weighted by atomic mass is 10.3. The summed E-state index contributed by atoms with van der Waals surface area (Å²) in [6.45, 7) is 0. The zero-order valence-electron chi connectivity index (χ0n) is 11.6. The number of carbonyl (C=O) groups is 1. The molecule has 0 radical (unpaired) electrons. The van der Waals surface area contributed by atoms with Crippen LogP contribution in [-0.4, -0.2) is 35.4 Å². The average Bonchev–Trinajstić information content (AvgIpc) is 2.93. The van der Waals surface area contributed by atoms with E-state index >= 15 is 0 Å². The number of esters is 1. The van der Waals surface area contributed by atoms with Crippen molar-refractivity contribution in [2.24, 2.45) is 0 Å². The second kappa shape index (κ2) is 7.51. The molecule has 1 aromatic carbocycles. The van der Waals surface area contributed by atoms with Gasteiger partial charge in [0.05, 0.1) is 12.9 Å². The molecule has 0 atom stereocenters. The molecule has 0 amide bonds. The maximum absolute atomic E-state index is 12.1. The summed E-state index contributed by atoms with van der Waals surface area (Å²) in [7, 11) is 1.29. The highest BCUT2D eigenvalue weighted by Crippen LogP contribution is 2.29. The number of carbonyl (C=O) groups excluding carboxylic acids is 1. The number of aromatic nitrogens is 2. The van der Waals surface area contributed by atoms with Gasteiger partial charge < -0.3 is 14.8 Å². The van der Waals surface area contributed by atoms with Crippen molar-refractivity contribution in [1.82, 2.24) is 10.2 Å². The zero-order valence-corrected chi connectivity index (χ0v) is 13.2. The molecule has 0 fully saturated rings. The van der Waals surface area contributed by atoms with Gasteiger partial charge in [-0.05, 0) is 24.3 Å². The van der Waals surface area contributed by atoms with Crippen LogP contribution < -0.4 is 10.1 Å². The number of ether oxygens (including phenoxy) is 2. The van der Waals surface area contributed by atoms with Crippen molar-refractivity contribution in [2.75, 3.05) is 18.2 Å². The number of nitrogens with zero attached hydrogens (tertiary/aromatic N) is 2. The van der Waals surface area contributed by atoms with E-state index in [0.29, 0.717) is 15.2 Å². The second-order valence-electron chi connectivity index (χ2n) is 3.94. The van der Waals surface area contributed by atoms with E-state index in [9.17, 15) is 18.0 Å². The highest BCUT2D eigenvalue weighted by atomic mass is 32.2. The Morgan fingerprint density at radius 3 is 2.61 bits per heavy atom. The molecule has 0 bridgehead atoms. The Balaban J connectivity index is 1.92. The maximum Gasteiger partial charge on any atom is 0.573 e. The van der Waals surface area contributed by atoms with E-state index < -0.39 is 6.36 Å². The molecule has 1 N–H and O–H groups in total. The highest BCUT2D eigenvalue weighted by molar-refractivity contribution is 8.01. The summed E-state index contributed by atoms with van der Waals surface area (Å²) >= 11 is 2.38. The minimum absolute atomic E-state index is 0.120. The first kappa shape index (κ1) is 17.3. The fourth-order valence-corrected chi connectivity index (χ4v) is 2.97. The molecule has 6 nitrogen and oxygen atoms in total. The lowest BCUT2D eigenvalue weighted by Crippen LogP contribution is -2.16. The van der Waals surface area contributed by atoms with Crippen LogP contribution in [0.25, 0.3) is 0 Å². The minimum atomic E-state index is -4.72. The third-order valence-electron chi connectivity index (χ3n) is 2.29. The van der Waals surface area contributed by atoms with Crippen molar-refractivity contribution >= 4 is 39.9 Å². The van der Waals surface area contributed by atoms with Crippen LogP contribution in [0.4, 0.5) is 24.0 Å². The van der Waals surface area contributed by atoms with Gasteiger partial charge in [0.1, 0.15) is 5.75 Å². The predicted molar refractivity (Wildman–Crippen MR) is 79.1 cm³/mol. The first-order valence-corrected chi connectivity index (χ1v) is 7.82. The number of alkyl halides is 3. The Hall–Kier alpha value is -2.01. The summed E-state index contributed by atoms with van der Waals surface area (Å²) in [5, 5.41) is 11.1. The SMILES string of the molecule is COC(=O)CSc1nnc(Nc2ccc(OC(F)(F)F)cc2)s1. The minimum Gasteiger partial charge on any atom is -0.468 e. The van der Waals surface area contributed by atoms with Crippen molar-refractivity contribution in [3.63, 3.8) is 0 Å². The summed E-state index contributed by atoms with van der Waals surface area (Å²) < 4.78 is 45.0. The summed E-state index contributed by atoms with van der Waals surface area (Å²) in [6.07, 6.45) is -4.72. The molecule has 23 heavy (non-hydrogen) atoms. The highest BCUT2D eigenvalue weighted by Gasteiger charge is 2.30.